The number of rotatable bonds is 6. The largest absolute Gasteiger partial charge is 0.339 e. The number of nitriles is 1. The highest BCUT2D eigenvalue weighted by molar-refractivity contribution is 7.90. The van der Waals surface area contributed by atoms with Crippen molar-refractivity contribution in [2.24, 2.45) is 0 Å². The SMILES string of the molecule is CN(C#N)C(=O)C(CS(C)(=O)=O)NC(=O)c1ccc(CCl)cc1. The third-order valence-corrected chi connectivity index (χ3v) is 4.17. The van der Waals surface area contributed by atoms with E-state index < -0.39 is 33.4 Å². The number of nitrogens with one attached hydrogen (secondary N) is 1. The van der Waals surface area contributed by atoms with E-state index in [4.69, 9.17) is 16.9 Å². The Morgan fingerprint density at radius 2 is 1.91 bits per heavy atom. The van der Waals surface area contributed by atoms with Crippen LogP contribution < -0.4 is 5.32 Å². The molecule has 0 saturated carbocycles. The molecule has 0 aliphatic rings. The van der Waals surface area contributed by atoms with Crippen LogP contribution >= 0.6 is 11.6 Å². The topological polar surface area (TPSA) is 107 Å². The van der Waals surface area contributed by atoms with Crippen molar-refractivity contribution >= 4 is 33.3 Å². The summed E-state index contributed by atoms with van der Waals surface area (Å²) < 4.78 is 22.9. The van der Waals surface area contributed by atoms with E-state index >= 15 is 0 Å². The van der Waals surface area contributed by atoms with Crippen LogP contribution in [-0.4, -0.2) is 50.2 Å². The molecule has 23 heavy (non-hydrogen) atoms. The van der Waals surface area contributed by atoms with Gasteiger partial charge in [-0.15, -0.1) is 11.6 Å². The smallest absolute Gasteiger partial charge is 0.258 e. The second kappa shape index (κ2) is 7.94. The fraction of sp³-hybridized carbons (Fsp3) is 0.357. The highest BCUT2D eigenvalue weighted by Gasteiger charge is 2.28. The summed E-state index contributed by atoms with van der Waals surface area (Å²) in [6.07, 6.45) is 2.53. The molecule has 7 nitrogen and oxygen atoms in total. The zero-order chi connectivity index (χ0) is 17.6. The maximum absolute atomic E-state index is 12.2. The molecule has 0 aromatic heterocycles. The summed E-state index contributed by atoms with van der Waals surface area (Å²) in [5, 5.41) is 11.1. The van der Waals surface area contributed by atoms with Gasteiger partial charge in [0, 0.05) is 24.7 Å². The first-order chi connectivity index (χ1) is 10.7. The highest BCUT2D eigenvalue weighted by atomic mass is 35.5. The van der Waals surface area contributed by atoms with E-state index in [1.54, 1.807) is 18.3 Å². The second-order valence-corrected chi connectivity index (χ2v) is 7.40. The number of hydrogen-bond acceptors (Lipinski definition) is 5. The first-order valence-corrected chi connectivity index (χ1v) is 9.08. The van der Waals surface area contributed by atoms with Crippen LogP contribution in [0.25, 0.3) is 0 Å². The number of amides is 2. The average Bonchev–Trinajstić information content (AvgIpc) is 2.51. The van der Waals surface area contributed by atoms with Gasteiger partial charge in [-0.1, -0.05) is 12.1 Å². The molecule has 0 aliphatic carbocycles. The van der Waals surface area contributed by atoms with Gasteiger partial charge in [-0.3, -0.25) is 14.5 Å². The van der Waals surface area contributed by atoms with Crippen LogP contribution in [0.3, 0.4) is 0 Å². The zero-order valence-electron chi connectivity index (χ0n) is 12.6. The van der Waals surface area contributed by atoms with Crippen LogP contribution in [0.1, 0.15) is 15.9 Å². The van der Waals surface area contributed by atoms with Crippen LogP contribution in [0, 0.1) is 11.5 Å². The van der Waals surface area contributed by atoms with Gasteiger partial charge in [0.25, 0.3) is 11.8 Å². The van der Waals surface area contributed by atoms with Gasteiger partial charge in [-0.2, -0.15) is 5.26 Å². The van der Waals surface area contributed by atoms with Crippen LogP contribution in [0.4, 0.5) is 0 Å². The number of halogens is 1. The van der Waals surface area contributed by atoms with Gasteiger partial charge in [0.1, 0.15) is 15.9 Å². The Labute approximate surface area is 139 Å². The minimum absolute atomic E-state index is 0.254. The molecule has 0 saturated heterocycles. The van der Waals surface area contributed by atoms with Crippen molar-refractivity contribution in [3.63, 3.8) is 0 Å². The Balaban J connectivity index is 2.97. The molecule has 9 heteroatoms. The lowest BCUT2D eigenvalue weighted by Gasteiger charge is -2.19. The summed E-state index contributed by atoms with van der Waals surface area (Å²) in [6.45, 7) is 0. The van der Waals surface area contributed by atoms with E-state index in [2.05, 4.69) is 5.32 Å². The molecule has 1 N–H and O–H groups in total. The molecule has 0 spiro atoms. The number of benzene rings is 1. The van der Waals surface area contributed by atoms with Gasteiger partial charge in [0.15, 0.2) is 6.19 Å². The standard InChI is InChI=1S/C14H16ClN3O4S/c1-18(9-16)14(20)12(8-23(2,21)22)17-13(19)11-5-3-10(7-15)4-6-11/h3-6,12H,7-8H2,1-2H3,(H,17,19). The van der Waals surface area contributed by atoms with Gasteiger partial charge in [-0.05, 0) is 17.7 Å². The Morgan fingerprint density at radius 1 is 1.35 bits per heavy atom. The van der Waals surface area contributed by atoms with Crippen LogP contribution in [0.2, 0.25) is 0 Å². The van der Waals surface area contributed by atoms with Gasteiger partial charge in [0.2, 0.25) is 0 Å². The molecule has 1 aromatic carbocycles. The van der Waals surface area contributed by atoms with Crippen LogP contribution in [-0.2, 0) is 20.5 Å². The Bertz CT molecular complexity index is 725. The van der Waals surface area contributed by atoms with Gasteiger partial charge in [-0.25, -0.2) is 8.42 Å². The molecule has 1 rings (SSSR count). The minimum atomic E-state index is -3.54. The van der Waals surface area contributed by atoms with Crippen LogP contribution in [0.15, 0.2) is 24.3 Å². The molecule has 1 atom stereocenters. The van der Waals surface area contributed by atoms with E-state index in [-0.39, 0.29) is 5.56 Å². The third kappa shape index (κ3) is 5.88. The molecule has 0 bridgehead atoms. The second-order valence-electron chi connectivity index (χ2n) is 4.95. The maximum atomic E-state index is 12.2. The highest BCUT2D eigenvalue weighted by Crippen LogP contribution is 2.08. The molecule has 0 radical (unpaired) electrons. The van der Waals surface area contributed by atoms with E-state index in [1.807, 2.05) is 0 Å². The first-order valence-electron chi connectivity index (χ1n) is 6.48. The number of sulfone groups is 1. The fourth-order valence-electron chi connectivity index (χ4n) is 1.75. The summed E-state index contributed by atoms with van der Waals surface area (Å²) >= 11 is 5.66. The van der Waals surface area contributed by atoms with Crippen molar-refractivity contribution in [2.45, 2.75) is 11.9 Å². The Kier molecular flexibility index (Phi) is 6.54. The average molecular weight is 358 g/mol. The minimum Gasteiger partial charge on any atom is -0.339 e. The summed E-state index contributed by atoms with van der Waals surface area (Å²) in [7, 11) is -2.34. The lowest BCUT2D eigenvalue weighted by atomic mass is 10.1. The Hall–Kier alpha value is -2.11. The monoisotopic (exact) mass is 357 g/mol. The van der Waals surface area contributed by atoms with Crippen molar-refractivity contribution in [1.29, 1.82) is 5.26 Å². The van der Waals surface area contributed by atoms with E-state index in [0.29, 0.717) is 10.8 Å². The summed E-state index contributed by atoms with van der Waals surface area (Å²) in [5.74, 6) is -1.71. The summed E-state index contributed by atoms with van der Waals surface area (Å²) in [6, 6.07) is 4.99. The molecule has 1 aromatic rings. The molecule has 0 heterocycles. The van der Waals surface area contributed by atoms with E-state index in [0.717, 1.165) is 11.8 Å². The predicted octanol–water partition coefficient (Wildman–Crippen LogP) is 0.508. The lowest BCUT2D eigenvalue weighted by Crippen LogP contribution is -2.49. The van der Waals surface area contributed by atoms with Gasteiger partial charge in [0.05, 0.1) is 5.75 Å². The molecule has 2 amide bonds. The Morgan fingerprint density at radius 3 is 2.35 bits per heavy atom. The normalized spacial score (nSPS) is 12.1. The van der Waals surface area contributed by atoms with Crippen molar-refractivity contribution < 1.29 is 18.0 Å². The predicted molar refractivity (Wildman–Crippen MR) is 85.3 cm³/mol. The number of carbonyl (C=O) groups is 2. The fourth-order valence-corrected chi connectivity index (χ4v) is 2.76. The molecule has 124 valence electrons. The van der Waals surface area contributed by atoms with Crippen molar-refractivity contribution in [1.82, 2.24) is 10.2 Å². The maximum Gasteiger partial charge on any atom is 0.258 e. The quantitative estimate of drug-likeness (QED) is 0.453. The summed E-state index contributed by atoms with van der Waals surface area (Å²) in [5.41, 5.74) is 1.07. The van der Waals surface area contributed by atoms with Crippen molar-refractivity contribution in [3.05, 3.63) is 35.4 Å². The van der Waals surface area contributed by atoms with Crippen LogP contribution in [0.5, 0.6) is 0 Å². The van der Waals surface area contributed by atoms with Gasteiger partial charge >= 0.3 is 0 Å². The number of nitrogens with zero attached hydrogens (tertiary/aromatic N) is 2. The number of carbonyl (C=O) groups excluding carboxylic acids is 2. The molecule has 0 aliphatic heterocycles. The van der Waals surface area contributed by atoms with E-state index in [9.17, 15) is 18.0 Å². The first kappa shape index (κ1) is 18.9. The summed E-state index contributed by atoms with van der Waals surface area (Å²) in [4.78, 5) is 24.9. The molecular weight excluding hydrogens is 342 g/mol. The van der Waals surface area contributed by atoms with Crippen molar-refractivity contribution in [3.8, 4) is 6.19 Å². The van der Waals surface area contributed by atoms with E-state index in [1.165, 1.54) is 19.2 Å². The number of hydrogen-bond donors (Lipinski definition) is 1. The molecular formula is C14H16ClN3O4S. The molecule has 0 fully saturated rings. The third-order valence-electron chi connectivity index (χ3n) is 2.92. The zero-order valence-corrected chi connectivity index (χ0v) is 14.2. The van der Waals surface area contributed by atoms with Crippen molar-refractivity contribution in [2.75, 3.05) is 19.1 Å². The molecule has 1 unspecified atom stereocenters. The number of alkyl halides is 1. The number of likely N-dealkylation sites (N-methyl/N-ethyl adjacent to an activating group) is 1. The van der Waals surface area contributed by atoms with Gasteiger partial charge < -0.3 is 5.32 Å². The lowest BCUT2D eigenvalue weighted by molar-refractivity contribution is -0.128.